The zero-order valence-corrected chi connectivity index (χ0v) is 12.2. The van der Waals surface area contributed by atoms with Crippen molar-refractivity contribution in [1.29, 1.82) is 0 Å². The summed E-state index contributed by atoms with van der Waals surface area (Å²) in [7, 11) is 0. The number of benzene rings is 2. The molecule has 0 spiro atoms. The van der Waals surface area contributed by atoms with Crippen LogP contribution in [0.4, 0.5) is 4.79 Å². The molecule has 0 radical (unpaired) electrons. The number of rotatable bonds is 4. The van der Waals surface area contributed by atoms with Crippen LogP contribution in [0.5, 0.6) is 0 Å². The van der Waals surface area contributed by atoms with Gasteiger partial charge in [-0.1, -0.05) is 42.5 Å². The molecule has 0 aliphatic carbocycles. The SMILES string of the molecule is O=C1NC(=O)C(CNC(=O)c2cccc(-c3ccccc3)c2)N1. The number of imide groups is 1. The van der Waals surface area contributed by atoms with Gasteiger partial charge < -0.3 is 10.6 Å². The highest BCUT2D eigenvalue weighted by Crippen LogP contribution is 2.19. The Morgan fingerprint density at radius 2 is 1.74 bits per heavy atom. The summed E-state index contributed by atoms with van der Waals surface area (Å²) >= 11 is 0. The molecular formula is C17H15N3O3. The lowest BCUT2D eigenvalue weighted by molar-refractivity contribution is -0.120. The summed E-state index contributed by atoms with van der Waals surface area (Å²) in [6.07, 6.45) is 0. The second-order valence-corrected chi connectivity index (χ2v) is 5.17. The quantitative estimate of drug-likeness (QED) is 0.744. The summed E-state index contributed by atoms with van der Waals surface area (Å²) in [6.45, 7) is 0.0476. The van der Waals surface area contributed by atoms with Crippen LogP contribution in [0.2, 0.25) is 0 Å². The van der Waals surface area contributed by atoms with Crippen molar-refractivity contribution in [2.45, 2.75) is 6.04 Å². The summed E-state index contributed by atoms with van der Waals surface area (Å²) < 4.78 is 0. The van der Waals surface area contributed by atoms with Crippen molar-refractivity contribution in [2.75, 3.05) is 6.54 Å². The van der Waals surface area contributed by atoms with Gasteiger partial charge in [0.15, 0.2) is 0 Å². The summed E-state index contributed by atoms with van der Waals surface area (Å²) in [5.74, 6) is -0.731. The molecule has 3 N–H and O–H groups in total. The number of carbonyl (C=O) groups excluding carboxylic acids is 3. The van der Waals surface area contributed by atoms with Crippen LogP contribution in [-0.2, 0) is 4.79 Å². The molecule has 1 atom stereocenters. The van der Waals surface area contributed by atoms with Crippen molar-refractivity contribution < 1.29 is 14.4 Å². The van der Waals surface area contributed by atoms with Gasteiger partial charge in [0, 0.05) is 12.1 Å². The fourth-order valence-corrected chi connectivity index (χ4v) is 2.37. The molecule has 6 heteroatoms. The fourth-order valence-electron chi connectivity index (χ4n) is 2.37. The first-order valence-corrected chi connectivity index (χ1v) is 7.18. The molecule has 3 rings (SSSR count). The van der Waals surface area contributed by atoms with Crippen molar-refractivity contribution in [3.8, 4) is 11.1 Å². The molecule has 23 heavy (non-hydrogen) atoms. The lowest BCUT2D eigenvalue weighted by atomic mass is 10.0. The number of hydrogen-bond donors (Lipinski definition) is 3. The molecule has 6 nitrogen and oxygen atoms in total. The lowest BCUT2D eigenvalue weighted by Gasteiger charge is -2.10. The normalized spacial score (nSPS) is 16.6. The Morgan fingerprint density at radius 3 is 2.43 bits per heavy atom. The average molecular weight is 309 g/mol. The zero-order valence-electron chi connectivity index (χ0n) is 12.2. The topological polar surface area (TPSA) is 87.3 Å². The van der Waals surface area contributed by atoms with Crippen molar-refractivity contribution >= 4 is 17.8 Å². The maximum Gasteiger partial charge on any atom is 0.322 e. The van der Waals surface area contributed by atoms with Gasteiger partial charge in [-0.05, 0) is 23.3 Å². The highest BCUT2D eigenvalue weighted by atomic mass is 16.2. The van der Waals surface area contributed by atoms with Gasteiger partial charge in [0.05, 0.1) is 0 Å². The maximum absolute atomic E-state index is 12.2. The molecule has 0 saturated carbocycles. The molecule has 1 aliphatic rings. The predicted molar refractivity (Wildman–Crippen MR) is 84.7 cm³/mol. The zero-order chi connectivity index (χ0) is 16.2. The molecular weight excluding hydrogens is 294 g/mol. The van der Waals surface area contributed by atoms with Gasteiger partial charge in [-0.25, -0.2) is 4.79 Å². The molecule has 1 saturated heterocycles. The van der Waals surface area contributed by atoms with Crippen LogP contribution in [0.25, 0.3) is 11.1 Å². The van der Waals surface area contributed by atoms with Gasteiger partial charge in [-0.15, -0.1) is 0 Å². The number of urea groups is 1. The third kappa shape index (κ3) is 3.37. The number of carbonyl (C=O) groups is 3. The molecule has 1 unspecified atom stereocenters. The van der Waals surface area contributed by atoms with E-state index >= 15 is 0 Å². The highest BCUT2D eigenvalue weighted by molar-refractivity contribution is 6.04. The summed E-state index contributed by atoms with van der Waals surface area (Å²) in [4.78, 5) is 34.7. The van der Waals surface area contributed by atoms with E-state index in [2.05, 4.69) is 16.0 Å². The van der Waals surface area contributed by atoms with Crippen LogP contribution < -0.4 is 16.0 Å². The minimum atomic E-state index is -0.733. The first-order valence-electron chi connectivity index (χ1n) is 7.18. The second kappa shape index (κ2) is 6.31. The summed E-state index contributed by atoms with van der Waals surface area (Å²) in [5.41, 5.74) is 2.45. The molecule has 2 aromatic carbocycles. The Morgan fingerprint density at radius 1 is 1.00 bits per heavy atom. The number of hydrogen-bond acceptors (Lipinski definition) is 3. The van der Waals surface area contributed by atoms with Crippen molar-refractivity contribution in [2.24, 2.45) is 0 Å². The van der Waals surface area contributed by atoms with Crippen LogP contribution in [0.15, 0.2) is 54.6 Å². The minimum Gasteiger partial charge on any atom is -0.349 e. The number of amides is 4. The Labute approximate surface area is 132 Å². The van der Waals surface area contributed by atoms with E-state index in [1.165, 1.54) is 0 Å². The average Bonchev–Trinajstić information content (AvgIpc) is 2.91. The van der Waals surface area contributed by atoms with Gasteiger partial charge >= 0.3 is 6.03 Å². The van der Waals surface area contributed by atoms with Gasteiger partial charge in [-0.2, -0.15) is 0 Å². The minimum absolute atomic E-state index is 0.0476. The smallest absolute Gasteiger partial charge is 0.322 e. The first kappa shape index (κ1) is 14.8. The van der Waals surface area contributed by atoms with Crippen molar-refractivity contribution in [1.82, 2.24) is 16.0 Å². The van der Waals surface area contributed by atoms with Crippen molar-refractivity contribution in [3.05, 3.63) is 60.2 Å². The summed E-state index contributed by atoms with van der Waals surface area (Å²) in [6, 6.07) is 15.7. The molecule has 1 heterocycles. The van der Waals surface area contributed by atoms with E-state index in [-0.39, 0.29) is 12.5 Å². The van der Waals surface area contributed by atoms with Crippen LogP contribution in [-0.4, -0.2) is 30.4 Å². The van der Waals surface area contributed by atoms with Crippen LogP contribution in [0.3, 0.4) is 0 Å². The van der Waals surface area contributed by atoms with Gasteiger partial charge in [-0.3, -0.25) is 14.9 Å². The van der Waals surface area contributed by atoms with E-state index < -0.39 is 18.0 Å². The monoisotopic (exact) mass is 309 g/mol. The maximum atomic E-state index is 12.2. The second-order valence-electron chi connectivity index (χ2n) is 5.17. The Hall–Kier alpha value is -3.15. The lowest BCUT2D eigenvalue weighted by Crippen LogP contribution is -2.41. The molecule has 0 aromatic heterocycles. The van der Waals surface area contributed by atoms with E-state index in [9.17, 15) is 14.4 Å². The van der Waals surface area contributed by atoms with Crippen LogP contribution >= 0.6 is 0 Å². The Balaban J connectivity index is 1.68. The molecule has 2 aromatic rings. The molecule has 116 valence electrons. The van der Waals surface area contributed by atoms with Gasteiger partial charge in [0.2, 0.25) is 0 Å². The van der Waals surface area contributed by atoms with E-state index in [4.69, 9.17) is 0 Å². The third-order valence-electron chi connectivity index (χ3n) is 3.56. The molecule has 4 amide bonds. The van der Waals surface area contributed by atoms with Gasteiger partial charge in [0.1, 0.15) is 6.04 Å². The van der Waals surface area contributed by atoms with Crippen LogP contribution in [0, 0.1) is 0 Å². The Kier molecular flexibility index (Phi) is 4.05. The molecule has 1 aliphatic heterocycles. The Bertz CT molecular complexity index is 759. The molecule has 0 bridgehead atoms. The molecule has 1 fully saturated rings. The van der Waals surface area contributed by atoms with E-state index in [1.807, 2.05) is 36.4 Å². The van der Waals surface area contributed by atoms with Crippen LogP contribution in [0.1, 0.15) is 10.4 Å². The first-order chi connectivity index (χ1) is 11.1. The van der Waals surface area contributed by atoms with Gasteiger partial charge in [0.25, 0.3) is 11.8 Å². The van der Waals surface area contributed by atoms with E-state index in [1.54, 1.807) is 18.2 Å². The number of nitrogens with one attached hydrogen (secondary N) is 3. The fraction of sp³-hybridized carbons (Fsp3) is 0.118. The predicted octanol–water partition coefficient (Wildman–Crippen LogP) is 1.29. The highest BCUT2D eigenvalue weighted by Gasteiger charge is 2.29. The third-order valence-corrected chi connectivity index (χ3v) is 3.56. The summed E-state index contributed by atoms with van der Waals surface area (Å²) in [5, 5.41) is 7.21. The van der Waals surface area contributed by atoms with E-state index in [0.717, 1.165) is 11.1 Å². The largest absolute Gasteiger partial charge is 0.349 e. The van der Waals surface area contributed by atoms with E-state index in [0.29, 0.717) is 5.56 Å². The standard InChI is InChI=1S/C17H15N3O3/c21-15(18-10-14-16(22)20-17(23)19-14)13-8-4-7-12(9-13)11-5-2-1-3-6-11/h1-9,14H,10H2,(H,18,21)(H2,19,20,22,23). The van der Waals surface area contributed by atoms with Crippen molar-refractivity contribution in [3.63, 3.8) is 0 Å².